The van der Waals surface area contributed by atoms with Crippen molar-refractivity contribution in [2.24, 2.45) is 11.8 Å². The maximum Gasteiger partial charge on any atom is 0.250 e. The number of hydrogen-bond donors (Lipinski definition) is 1. The van der Waals surface area contributed by atoms with Gasteiger partial charge < -0.3 is 5.32 Å². The first kappa shape index (κ1) is 19.3. The second-order valence-electron chi connectivity index (χ2n) is 8.71. The molecule has 1 spiro atoms. The molecule has 3 fully saturated rings. The number of carbonyl (C=O) groups excluding carboxylic acids is 3. The van der Waals surface area contributed by atoms with Crippen LogP contribution in [0.5, 0.6) is 0 Å². The highest BCUT2D eigenvalue weighted by Gasteiger charge is 2.74. The number of rotatable bonds is 1. The minimum Gasteiger partial charge on any atom is -0.324 e. The second kappa shape index (κ2) is 6.31. The predicted molar refractivity (Wildman–Crippen MR) is 117 cm³/mol. The lowest BCUT2D eigenvalue weighted by atomic mass is 9.75. The number of fused-ring (bicyclic) bond motifs is 7. The van der Waals surface area contributed by atoms with E-state index in [0.717, 1.165) is 24.0 Å². The van der Waals surface area contributed by atoms with Gasteiger partial charge in [-0.1, -0.05) is 29.3 Å². The molecule has 6 rings (SSSR count). The number of nitrogens with zero attached hydrogens (tertiary/aromatic N) is 2. The maximum absolute atomic E-state index is 13.8. The van der Waals surface area contributed by atoms with Gasteiger partial charge >= 0.3 is 0 Å². The Kier molecular flexibility index (Phi) is 3.93. The van der Waals surface area contributed by atoms with Crippen LogP contribution in [0, 0.1) is 18.8 Å². The Morgan fingerprint density at radius 1 is 1.03 bits per heavy atom. The summed E-state index contributed by atoms with van der Waals surface area (Å²) < 4.78 is 0. The van der Waals surface area contributed by atoms with Crippen LogP contribution in [0.25, 0.3) is 0 Å². The van der Waals surface area contributed by atoms with Crippen LogP contribution >= 0.6 is 23.2 Å². The molecule has 158 valence electrons. The van der Waals surface area contributed by atoms with Gasteiger partial charge in [-0.2, -0.15) is 0 Å². The highest BCUT2D eigenvalue weighted by molar-refractivity contribution is 6.32. The monoisotopic (exact) mass is 455 g/mol. The van der Waals surface area contributed by atoms with Crippen molar-refractivity contribution < 1.29 is 14.4 Å². The molecule has 2 aromatic rings. The van der Waals surface area contributed by atoms with E-state index in [0.29, 0.717) is 28.0 Å². The summed E-state index contributed by atoms with van der Waals surface area (Å²) in [6.07, 6.45) is 1.67. The third-order valence-corrected chi connectivity index (χ3v) is 8.11. The summed E-state index contributed by atoms with van der Waals surface area (Å²) in [7, 11) is 0. The average molecular weight is 456 g/mol. The Morgan fingerprint density at radius 3 is 2.52 bits per heavy atom. The first-order chi connectivity index (χ1) is 14.9. The Bertz CT molecular complexity index is 1180. The Balaban J connectivity index is 1.56. The molecule has 2 aromatic carbocycles. The zero-order valence-electron chi connectivity index (χ0n) is 16.7. The van der Waals surface area contributed by atoms with Gasteiger partial charge in [0.2, 0.25) is 17.7 Å². The van der Waals surface area contributed by atoms with E-state index in [1.54, 1.807) is 30.3 Å². The van der Waals surface area contributed by atoms with Crippen LogP contribution in [-0.4, -0.2) is 35.2 Å². The third-order valence-electron chi connectivity index (χ3n) is 7.45. The lowest BCUT2D eigenvalue weighted by Gasteiger charge is -2.36. The fourth-order valence-corrected chi connectivity index (χ4v) is 6.52. The summed E-state index contributed by atoms with van der Waals surface area (Å²) in [5, 5.41) is 4.08. The normalized spacial score (nSPS) is 31.4. The van der Waals surface area contributed by atoms with E-state index < -0.39 is 17.4 Å². The van der Waals surface area contributed by atoms with Gasteiger partial charge in [0, 0.05) is 21.7 Å². The number of hydrogen-bond acceptors (Lipinski definition) is 4. The van der Waals surface area contributed by atoms with Gasteiger partial charge in [0.25, 0.3) is 0 Å². The highest BCUT2D eigenvalue weighted by Crippen LogP contribution is 2.61. The van der Waals surface area contributed by atoms with Crippen LogP contribution in [0.1, 0.15) is 24.0 Å². The minimum absolute atomic E-state index is 0.147. The molecule has 0 saturated carbocycles. The molecule has 0 aliphatic carbocycles. The summed E-state index contributed by atoms with van der Waals surface area (Å²) in [6.45, 7) is 2.53. The lowest BCUT2D eigenvalue weighted by molar-refractivity contribution is -0.135. The standard InChI is InChI=1S/C23H19Cl2N3O3/c1-11-15(25)9-8-14-19(11)26-22(31)23(14)18-17(16-3-2-10-27(16)23)20(29)28(21(18)30)13-6-4-12(24)5-7-13/h4-9,16-18H,2-3,10H2,1H3,(H,26,31)/t16-,17+,18+,23+/m1/s1. The van der Waals surface area contributed by atoms with Crippen LogP contribution in [0.4, 0.5) is 11.4 Å². The van der Waals surface area contributed by atoms with Gasteiger partial charge in [-0.3, -0.25) is 19.3 Å². The second-order valence-corrected chi connectivity index (χ2v) is 9.55. The van der Waals surface area contributed by atoms with Crippen molar-refractivity contribution >= 4 is 52.3 Å². The zero-order valence-corrected chi connectivity index (χ0v) is 18.2. The molecular formula is C23H19Cl2N3O3. The number of benzene rings is 2. The molecule has 1 N–H and O–H groups in total. The predicted octanol–water partition coefficient (Wildman–Crippen LogP) is 3.73. The van der Waals surface area contributed by atoms with Crippen molar-refractivity contribution in [3.05, 3.63) is 57.6 Å². The van der Waals surface area contributed by atoms with Gasteiger partial charge in [0.1, 0.15) is 5.54 Å². The smallest absolute Gasteiger partial charge is 0.250 e. The van der Waals surface area contributed by atoms with E-state index >= 15 is 0 Å². The van der Waals surface area contributed by atoms with Crippen LogP contribution in [0.2, 0.25) is 10.0 Å². The molecule has 3 amide bonds. The fourth-order valence-electron chi connectivity index (χ4n) is 6.24. The van der Waals surface area contributed by atoms with E-state index in [9.17, 15) is 14.4 Å². The van der Waals surface area contributed by atoms with Crippen molar-refractivity contribution in [3.8, 4) is 0 Å². The van der Waals surface area contributed by atoms with E-state index in [4.69, 9.17) is 23.2 Å². The molecule has 6 nitrogen and oxygen atoms in total. The van der Waals surface area contributed by atoms with Crippen LogP contribution in [-0.2, 0) is 19.9 Å². The van der Waals surface area contributed by atoms with Crippen molar-refractivity contribution in [1.29, 1.82) is 0 Å². The number of amides is 3. The van der Waals surface area contributed by atoms with Crippen LogP contribution < -0.4 is 10.2 Å². The van der Waals surface area contributed by atoms with Gasteiger partial charge in [0.05, 0.1) is 23.2 Å². The maximum atomic E-state index is 13.8. The molecule has 4 aliphatic rings. The molecule has 0 unspecified atom stereocenters. The molecule has 3 saturated heterocycles. The topological polar surface area (TPSA) is 69.7 Å². The average Bonchev–Trinajstić information content (AvgIpc) is 3.45. The SMILES string of the molecule is Cc1c(Cl)ccc2c1NC(=O)[C@@]21[C@@H]2C(=O)N(c3ccc(Cl)cc3)C(=O)[C@H]2[C@H]2CCCN21. The summed E-state index contributed by atoms with van der Waals surface area (Å²) in [4.78, 5) is 44.4. The molecule has 4 aliphatic heterocycles. The minimum atomic E-state index is -1.19. The summed E-state index contributed by atoms with van der Waals surface area (Å²) in [5.74, 6) is -2.15. The molecule has 0 aromatic heterocycles. The highest BCUT2D eigenvalue weighted by atomic mass is 35.5. The van der Waals surface area contributed by atoms with Crippen LogP contribution in [0.3, 0.4) is 0 Å². The molecule has 4 heterocycles. The molecule has 31 heavy (non-hydrogen) atoms. The lowest BCUT2D eigenvalue weighted by Crippen LogP contribution is -2.54. The van der Waals surface area contributed by atoms with Crippen LogP contribution in [0.15, 0.2) is 36.4 Å². The fraction of sp³-hybridized carbons (Fsp3) is 0.348. The molecule has 8 heteroatoms. The number of anilines is 2. The first-order valence-corrected chi connectivity index (χ1v) is 11.1. The molecule has 0 radical (unpaired) electrons. The Hall–Kier alpha value is -2.41. The van der Waals surface area contributed by atoms with Crippen molar-refractivity contribution in [2.75, 3.05) is 16.8 Å². The van der Waals surface area contributed by atoms with Crippen molar-refractivity contribution in [1.82, 2.24) is 4.90 Å². The number of imide groups is 1. The van der Waals surface area contributed by atoms with Gasteiger partial charge in [0.15, 0.2) is 0 Å². The summed E-state index contributed by atoms with van der Waals surface area (Å²) in [6, 6.07) is 10.1. The van der Waals surface area contributed by atoms with Gasteiger partial charge in [-0.05, 0) is 62.2 Å². The van der Waals surface area contributed by atoms with Crippen molar-refractivity contribution in [3.63, 3.8) is 0 Å². The summed E-state index contributed by atoms with van der Waals surface area (Å²) in [5.41, 5.74) is 1.48. The van der Waals surface area contributed by atoms with E-state index in [2.05, 4.69) is 10.2 Å². The molecular weight excluding hydrogens is 437 g/mol. The van der Waals surface area contributed by atoms with Gasteiger partial charge in [-0.25, -0.2) is 4.90 Å². The van der Waals surface area contributed by atoms with Gasteiger partial charge in [-0.15, -0.1) is 0 Å². The van der Waals surface area contributed by atoms with E-state index in [-0.39, 0.29) is 23.8 Å². The first-order valence-electron chi connectivity index (χ1n) is 10.4. The van der Waals surface area contributed by atoms with E-state index in [1.165, 1.54) is 4.90 Å². The number of carbonyl (C=O) groups is 3. The zero-order chi connectivity index (χ0) is 21.7. The molecule has 4 atom stereocenters. The number of nitrogens with one attached hydrogen (secondary N) is 1. The van der Waals surface area contributed by atoms with E-state index in [1.807, 2.05) is 13.0 Å². The Morgan fingerprint density at radius 2 is 1.77 bits per heavy atom. The third kappa shape index (κ3) is 2.20. The quantitative estimate of drug-likeness (QED) is 0.665. The molecule has 0 bridgehead atoms. The summed E-state index contributed by atoms with van der Waals surface area (Å²) >= 11 is 12.3. The van der Waals surface area contributed by atoms with Crippen molar-refractivity contribution in [2.45, 2.75) is 31.3 Å². The Labute approximate surface area is 189 Å². The largest absolute Gasteiger partial charge is 0.324 e. The number of halogens is 2.